The summed E-state index contributed by atoms with van der Waals surface area (Å²) >= 11 is 0. The van der Waals surface area contributed by atoms with Crippen LogP contribution in [0.15, 0.2) is 72.8 Å². The molecule has 0 amide bonds. The Bertz CT molecular complexity index is 1210. The molecule has 0 unspecified atom stereocenters. The van der Waals surface area contributed by atoms with Crippen molar-refractivity contribution in [3.05, 3.63) is 95.1 Å². The van der Waals surface area contributed by atoms with Crippen molar-refractivity contribution in [2.75, 3.05) is 32.8 Å². The van der Waals surface area contributed by atoms with Crippen LogP contribution in [0.4, 0.5) is 0 Å². The van der Waals surface area contributed by atoms with Crippen LogP contribution in [-0.4, -0.2) is 43.5 Å². The number of hydrogen-bond donors (Lipinski definition) is 0. The van der Waals surface area contributed by atoms with Gasteiger partial charge in [0.1, 0.15) is 18.1 Å². The van der Waals surface area contributed by atoms with Crippen LogP contribution in [0, 0.1) is 0 Å². The fraction of sp³-hybridized carbons (Fsp3) is 0.344. The fourth-order valence-electron chi connectivity index (χ4n) is 5.33. The SMILES string of the molecule is CCOc1ccc2c(c1)CCC(c1ccccc1)=C2C(=O)c1ccc(OCCN2CCCCC2)cc1. The number of carbonyl (C=O) groups excluding carboxylic acids is 1. The summed E-state index contributed by atoms with van der Waals surface area (Å²) in [6.07, 6.45) is 5.63. The zero-order valence-electron chi connectivity index (χ0n) is 21.2. The van der Waals surface area contributed by atoms with Crippen LogP contribution in [0.5, 0.6) is 11.5 Å². The third-order valence-corrected chi connectivity index (χ3v) is 7.19. The minimum atomic E-state index is 0.0545. The van der Waals surface area contributed by atoms with E-state index in [0.29, 0.717) is 18.8 Å². The molecule has 1 aliphatic carbocycles. The number of aryl methyl sites for hydroxylation is 1. The van der Waals surface area contributed by atoms with E-state index in [1.165, 1.54) is 37.9 Å². The van der Waals surface area contributed by atoms with E-state index in [1.807, 2.05) is 61.5 Å². The number of ether oxygens (including phenoxy) is 2. The predicted molar refractivity (Wildman–Crippen MR) is 146 cm³/mol. The number of rotatable bonds is 9. The number of nitrogens with zero attached hydrogens (tertiary/aromatic N) is 1. The summed E-state index contributed by atoms with van der Waals surface area (Å²) in [5.41, 5.74) is 5.88. The molecule has 5 rings (SSSR count). The second-order valence-electron chi connectivity index (χ2n) is 9.58. The molecule has 0 N–H and O–H groups in total. The second-order valence-corrected chi connectivity index (χ2v) is 9.58. The zero-order chi connectivity index (χ0) is 24.7. The third kappa shape index (κ3) is 5.55. The average molecular weight is 482 g/mol. The molecule has 0 aromatic heterocycles. The van der Waals surface area contributed by atoms with Crippen LogP contribution in [0.3, 0.4) is 0 Å². The van der Waals surface area contributed by atoms with Crippen LogP contribution in [0.2, 0.25) is 0 Å². The van der Waals surface area contributed by atoms with Crippen molar-refractivity contribution in [2.45, 2.75) is 39.0 Å². The maximum Gasteiger partial charge on any atom is 0.193 e. The lowest BCUT2D eigenvalue weighted by molar-refractivity contribution is 0.105. The maximum atomic E-state index is 14.0. The Morgan fingerprint density at radius 2 is 1.58 bits per heavy atom. The van der Waals surface area contributed by atoms with E-state index in [4.69, 9.17) is 9.47 Å². The van der Waals surface area contributed by atoms with Gasteiger partial charge in [-0.2, -0.15) is 0 Å². The second kappa shape index (κ2) is 11.6. The van der Waals surface area contributed by atoms with E-state index in [1.54, 1.807) is 0 Å². The van der Waals surface area contributed by atoms with Crippen molar-refractivity contribution in [1.29, 1.82) is 0 Å². The number of allylic oxidation sites excluding steroid dienone is 2. The van der Waals surface area contributed by atoms with E-state index < -0.39 is 0 Å². The topological polar surface area (TPSA) is 38.8 Å². The smallest absolute Gasteiger partial charge is 0.193 e. The molecule has 4 nitrogen and oxygen atoms in total. The highest BCUT2D eigenvalue weighted by Crippen LogP contribution is 2.40. The molecule has 2 aliphatic rings. The van der Waals surface area contributed by atoms with Crippen molar-refractivity contribution < 1.29 is 14.3 Å². The molecule has 1 saturated heterocycles. The molecule has 0 bridgehead atoms. The van der Waals surface area contributed by atoms with E-state index in [0.717, 1.165) is 53.2 Å². The molecule has 0 atom stereocenters. The number of ketones is 1. The predicted octanol–water partition coefficient (Wildman–Crippen LogP) is 6.69. The summed E-state index contributed by atoms with van der Waals surface area (Å²) in [6.45, 7) is 6.58. The number of benzene rings is 3. The average Bonchev–Trinajstić information content (AvgIpc) is 2.93. The lowest BCUT2D eigenvalue weighted by Gasteiger charge is -2.26. The molecule has 1 fully saturated rings. The highest BCUT2D eigenvalue weighted by Gasteiger charge is 2.26. The Kier molecular flexibility index (Phi) is 7.82. The van der Waals surface area contributed by atoms with E-state index >= 15 is 0 Å². The zero-order valence-corrected chi connectivity index (χ0v) is 21.2. The first-order chi connectivity index (χ1) is 17.7. The molecule has 1 aliphatic heterocycles. The van der Waals surface area contributed by atoms with Gasteiger partial charge < -0.3 is 9.47 Å². The first-order valence-corrected chi connectivity index (χ1v) is 13.3. The fourth-order valence-corrected chi connectivity index (χ4v) is 5.33. The van der Waals surface area contributed by atoms with Gasteiger partial charge in [-0.1, -0.05) is 42.8 Å². The Morgan fingerprint density at radius 3 is 2.33 bits per heavy atom. The summed E-state index contributed by atoms with van der Waals surface area (Å²) in [5, 5.41) is 0. The van der Waals surface area contributed by atoms with Gasteiger partial charge in [0.25, 0.3) is 0 Å². The number of hydrogen-bond acceptors (Lipinski definition) is 4. The van der Waals surface area contributed by atoms with Gasteiger partial charge in [0.15, 0.2) is 5.78 Å². The number of fused-ring (bicyclic) bond motifs is 1. The number of likely N-dealkylation sites (tertiary alicyclic amines) is 1. The Hall–Kier alpha value is -3.37. The molecule has 3 aromatic carbocycles. The van der Waals surface area contributed by atoms with Crippen molar-refractivity contribution in [3.8, 4) is 11.5 Å². The molecule has 1 heterocycles. The largest absolute Gasteiger partial charge is 0.494 e. The van der Waals surface area contributed by atoms with E-state index in [-0.39, 0.29) is 5.78 Å². The van der Waals surface area contributed by atoms with Crippen molar-refractivity contribution in [1.82, 2.24) is 4.90 Å². The summed E-state index contributed by atoms with van der Waals surface area (Å²) < 4.78 is 11.7. The van der Waals surface area contributed by atoms with Gasteiger partial charge in [0, 0.05) is 17.7 Å². The minimum absolute atomic E-state index is 0.0545. The van der Waals surface area contributed by atoms with Gasteiger partial charge in [0.2, 0.25) is 0 Å². The Labute approximate surface area is 214 Å². The molecule has 3 aromatic rings. The quantitative estimate of drug-likeness (QED) is 0.319. The summed E-state index contributed by atoms with van der Waals surface area (Å²) in [6, 6.07) is 24.0. The lowest BCUT2D eigenvalue weighted by atomic mass is 9.79. The molecular weight excluding hydrogens is 446 g/mol. The summed E-state index contributed by atoms with van der Waals surface area (Å²) in [5.74, 6) is 1.72. The van der Waals surface area contributed by atoms with Crippen molar-refractivity contribution in [2.24, 2.45) is 0 Å². The molecule has 0 spiro atoms. The molecular formula is C32H35NO3. The molecule has 4 heteroatoms. The number of carbonyl (C=O) groups is 1. The van der Waals surface area contributed by atoms with E-state index in [2.05, 4.69) is 23.1 Å². The molecule has 36 heavy (non-hydrogen) atoms. The van der Waals surface area contributed by atoms with Crippen LogP contribution in [-0.2, 0) is 6.42 Å². The molecule has 0 saturated carbocycles. The maximum absolute atomic E-state index is 14.0. The van der Waals surface area contributed by atoms with Crippen molar-refractivity contribution in [3.63, 3.8) is 0 Å². The standard InChI is InChI=1S/C32H35NO3/c1-2-35-28-16-18-30-26(23-28)13-17-29(24-9-5-3-6-10-24)31(30)32(34)25-11-14-27(15-12-25)36-22-21-33-19-7-4-8-20-33/h3,5-6,9-12,14-16,18,23H,2,4,7-8,13,17,19-22H2,1H3. The Morgan fingerprint density at radius 1 is 0.833 bits per heavy atom. The van der Waals surface area contributed by atoms with Crippen LogP contribution >= 0.6 is 0 Å². The lowest BCUT2D eigenvalue weighted by Crippen LogP contribution is -2.33. The Balaban J connectivity index is 1.39. The van der Waals surface area contributed by atoms with Crippen LogP contribution in [0.1, 0.15) is 59.7 Å². The van der Waals surface area contributed by atoms with Crippen LogP contribution < -0.4 is 9.47 Å². The highest BCUT2D eigenvalue weighted by atomic mass is 16.5. The molecule has 186 valence electrons. The third-order valence-electron chi connectivity index (χ3n) is 7.19. The highest BCUT2D eigenvalue weighted by molar-refractivity contribution is 6.35. The van der Waals surface area contributed by atoms with Crippen LogP contribution in [0.25, 0.3) is 11.1 Å². The van der Waals surface area contributed by atoms with Crippen molar-refractivity contribution >= 4 is 16.9 Å². The summed E-state index contributed by atoms with van der Waals surface area (Å²) in [4.78, 5) is 16.4. The van der Waals surface area contributed by atoms with Gasteiger partial charge in [-0.3, -0.25) is 9.69 Å². The van der Waals surface area contributed by atoms with Gasteiger partial charge in [-0.25, -0.2) is 0 Å². The van der Waals surface area contributed by atoms with Gasteiger partial charge in [-0.15, -0.1) is 0 Å². The number of piperidine rings is 1. The monoisotopic (exact) mass is 481 g/mol. The molecule has 0 radical (unpaired) electrons. The normalized spacial score (nSPS) is 15.9. The first kappa shape index (κ1) is 24.3. The minimum Gasteiger partial charge on any atom is -0.494 e. The van der Waals surface area contributed by atoms with Gasteiger partial charge >= 0.3 is 0 Å². The first-order valence-electron chi connectivity index (χ1n) is 13.3. The number of Topliss-reactive ketones (excluding diaryl/α,β-unsaturated/α-hetero) is 1. The van der Waals surface area contributed by atoms with E-state index in [9.17, 15) is 4.79 Å². The van der Waals surface area contributed by atoms with Gasteiger partial charge in [0.05, 0.1) is 6.61 Å². The van der Waals surface area contributed by atoms with Gasteiger partial charge in [-0.05, 0) is 104 Å². The summed E-state index contributed by atoms with van der Waals surface area (Å²) in [7, 11) is 0.